The van der Waals surface area contributed by atoms with Crippen molar-refractivity contribution in [2.45, 2.75) is 244 Å². The van der Waals surface area contributed by atoms with Gasteiger partial charge >= 0.3 is 7.82 Å². The Bertz CT molecular complexity index is 1000. The number of rotatable bonds is 45. The Hall–Kier alpha value is -1.02. The van der Waals surface area contributed by atoms with E-state index in [2.05, 4.69) is 31.3 Å². The highest BCUT2D eigenvalue weighted by atomic mass is 31.2. The number of likely N-dealkylation sites (N-methyl/N-ethyl adjacent to an activating group) is 1. The number of carbonyl (C=O) groups is 1. The highest BCUT2D eigenvalue weighted by Gasteiger charge is 2.28. The van der Waals surface area contributed by atoms with E-state index in [1.165, 1.54) is 180 Å². The van der Waals surface area contributed by atoms with Crippen molar-refractivity contribution in [3.63, 3.8) is 0 Å². The summed E-state index contributed by atoms with van der Waals surface area (Å²) >= 11 is 0. The highest BCUT2D eigenvalue weighted by molar-refractivity contribution is 7.47. The van der Waals surface area contributed by atoms with E-state index in [1.54, 1.807) is 0 Å². The maximum atomic E-state index is 12.9. The van der Waals surface area contributed by atoms with Gasteiger partial charge in [0, 0.05) is 6.42 Å². The van der Waals surface area contributed by atoms with Crippen molar-refractivity contribution in [2.24, 2.45) is 0 Å². The van der Waals surface area contributed by atoms with Crippen molar-refractivity contribution in [1.29, 1.82) is 0 Å². The summed E-state index contributed by atoms with van der Waals surface area (Å²) in [5.41, 5.74) is 0. The molecule has 9 heteroatoms. The summed E-state index contributed by atoms with van der Waals surface area (Å²) in [7, 11) is 1.56. The van der Waals surface area contributed by atoms with E-state index in [0.717, 1.165) is 25.7 Å². The number of amides is 1. The van der Waals surface area contributed by atoms with Gasteiger partial charge in [0.1, 0.15) is 13.2 Å². The van der Waals surface area contributed by atoms with Crippen molar-refractivity contribution in [3.8, 4) is 0 Å². The van der Waals surface area contributed by atoms with Crippen LogP contribution in [-0.2, 0) is 18.4 Å². The van der Waals surface area contributed by atoms with Crippen LogP contribution < -0.4 is 5.32 Å². The SMILES string of the molecule is CCCCCCCCCCCCC=CC[C@@H](O)[C@H](COP(=O)(O)OCC[N+](C)(C)C)NC(=O)CC=CCCCCCCCCCCCCCCCCCCCCCC. The number of phosphoric acid groups is 1. The van der Waals surface area contributed by atoms with Crippen molar-refractivity contribution in [2.75, 3.05) is 40.9 Å². The molecule has 1 unspecified atom stereocenters. The molecule has 1 amide bonds. The molecule has 344 valence electrons. The maximum absolute atomic E-state index is 12.9. The van der Waals surface area contributed by atoms with Crippen LogP contribution >= 0.6 is 7.82 Å². The second-order valence-corrected chi connectivity index (χ2v) is 19.7. The Morgan fingerprint density at radius 1 is 0.569 bits per heavy atom. The van der Waals surface area contributed by atoms with Gasteiger partial charge in [-0.3, -0.25) is 13.8 Å². The van der Waals surface area contributed by atoms with E-state index < -0.39 is 20.0 Å². The Labute approximate surface area is 360 Å². The van der Waals surface area contributed by atoms with Gasteiger partial charge < -0.3 is 19.8 Å². The van der Waals surface area contributed by atoms with E-state index in [9.17, 15) is 19.4 Å². The molecular weight excluding hydrogens is 744 g/mol. The molecular formula is C49H98N2O6P+. The fourth-order valence-corrected chi connectivity index (χ4v) is 7.99. The van der Waals surface area contributed by atoms with E-state index in [1.807, 2.05) is 33.3 Å². The lowest BCUT2D eigenvalue weighted by Crippen LogP contribution is -2.46. The smallest absolute Gasteiger partial charge is 0.391 e. The van der Waals surface area contributed by atoms with Crippen molar-refractivity contribution < 1.29 is 32.9 Å². The number of nitrogens with one attached hydrogen (secondary N) is 1. The molecule has 0 radical (unpaired) electrons. The lowest BCUT2D eigenvalue weighted by atomic mass is 10.0. The number of nitrogens with zero attached hydrogens (tertiary/aromatic N) is 1. The summed E-state index contributed by atoms with van der Waals surface area (Å²) in [5.74, 6) is -0.250. The summed E-state index contributed by atoms with van der Waals surface area (Å²) in [5, 5.41) is 13.8. The molecule has 3 atom stereocenters. The van der Waals surface area contributed by atoms with Crippen LogP contribution in [0.1, 0.15) is 232 Å². The van der Waals surface area contributed by atoms with Gasteiger partial charge in [-0.15, -0.1) is 0 Å². The molecule has 0 aliphatic carbocycles. The number of quaternary nitrogens is 1. The average molecular weight is 842 g/mol. The third kappa shape index (κ3) is 43.1. The Morgan fingerprint density at radius 3 is 1.31 bits per heavy atom. The topological polar surface area (TPSA) is 105 Å². The molecule has 0 heterocycles. The minimum absolute atomic E-state index is 0.0584. The lowest BCUT2D eigenvalue weighted by Gasteiger charge is -2.26. The fraction of sp³-hybridized carbons (Fsp3) is 0.898. The van der Waals surface area contributed by atoms with E-state index in [-0.39, 0.29) is 25.5 Å². The first kappa shape index (κ1) is 57.0. The zero-order valence-electron chi connectivity index (χ0n) is 39.0. The van der Waals surface area contributed by atoms with Crippen LogP contribution in [-0.4, -0.2) is 73.4 Å². The van der Waals surface area contributed by atoms with E-state index in [0.29, 0.717) is 17.4 Å². The van der Waals surface area contributed by atoms with Gasteiger partial charge in [0.05, 0.1) is 39.9 Å². The largest absolute Gasteiger partial charge is 0.472 e. The average Bonchev–Trinajstić information content (AvgIpc) is 3.17. The van der Waals surface area contributed by atoms with Crippen LogP contribution in [0, 0.1) is 0 Å². The van der Waals surface area contributed by atoms with Gasteiger partial charge in [-0.25, -0.2) is 4.57 Å². The number of hydrogen-bond donors (Lipinski definition) is 3. The van der Waals surface area contributed by atoms with Gasteiger partial charge in [-0.2, -0.15) is 0 Å². The fourth-order valence-electron chi connectivity index (χ4n) is 7.25. The molecule has 3 N–H and O–H groups in total. The van der Waals surface area contributed by atoms with Gasteiger partial charge in [0.2, 0.25) is 5.91 Å². The van der Waals surface area contributed by atoms with Crippen LogP contribution in [0.15, 0.2) is 24.3 Å². The van der Waals surface area contributed by atoms with E-state index >= 15 is 0 Å². The lowest BCUT2D eigenvalue weighted by molar-refractivity contribution is -0.870. The quantitative estimate of drug-likeness (QED) is 0.0244. The summed E-state index contributed by atoms with van der Waals surface area (Å²) in [6.07, 6.45) is 49.8. The molecule has 0 rings (SSSR count). The monoisotopic (exact) mass is 842 g/mol. The number of unbranched alkanes of at least 4 members (excludes halogenated alkanes) is 30. The summed E-state index contributed by atoms with van der Waals surface area (Å²) in [6.45, 7) is 4.81. The van der Waals surface area contributed by atoms with Gasteiger partial charge in [0.25, 0.3) is 0 Å². The van der Waals surface area contributed by atoms with Crippen LogP contribution in [0.3, 0.4) is 0 Å². The summed E-state index contributed by atoms with van der Waals surface area (Å²) in [4.78, 5) is 23.1. The first-order chi connectivity index (χ1) is 28.0. The van der Waals surface area contributed by atoms with Gasteiger partial charge in [-0.05, 0) is 32.1 Å². The molecule has 0 aromatic heterocycles. The molecule has 8 nitrogen and oxygen atoms in total. The number of aliphatic hydroxyl groups is 1. The third-order valence-electron chi connectivity index (χ3n) is 11.2. The Balaban J connectivity index is 4.28. The molecule has 0 saturated carbocycles. The highest BCUT2D eigenvalue weighted by Crippen LogP contribution is 2.43. The number of phosphoric ester groups is 1. The maximum Gasteiger partial charge on any atom is 0.472 e. The van der Waals surface area contributed by atoms with Crippen LogP contribution in [0.5, 0.6) is 0 Å². The minimum atomic E-state index is -4.34. The molecule has 58 heavy (non-hydrogen) atoms. The van der Waals surface area contributed by atoms with Crippen molar-refractivity contribution in [1.82, 2.24) is 5.32 Å². The van der Waals surface area contributed by atoms with E-state index in [4.69, 9.17) is 9.05 Å². The van der Waals surface area contributed by atoms with Gasteiger partial charge in [-0.1, -0.05) is 218 Å². The molecule has 0 bridgehead atoms. The zero-order chi connectivity index (χ0) is 42.8. The molecule has 0 aromatic rings. The van der Waals surface area contributed by atoms with Crippen molar-refractivity contribution in [3.05, 3.63) is 24.3 Å². The third-order valence-corrected chi connectivity index (χ3v) is 12.2. The Kier molecular flexibility index (Phi) is 40.6. The molecule has 0 aliphatic rings. The molecule has 0 aliphatic heterocycles. The normalized spacial score (nSPS) is 14.4. The summed E-state index contributed by atoms with van der Waals surface area (Å²) < 4.78 is 23.6. The predicted molar refractivity (Wildman–Crippen MR) is 249 cm³/mol. The van der Waals surface area contributed by atoms with Crippen LogP contribution in [0.2, 0.25) is 0 Å². The molecule has 0 aromatic carbocycles. The zero-order valence-corrected chi connectivity index (χ0v) is 39.9. The van der Waals surface area contributed by atoms with Crippen LogP contribution in [0.25, 0.3) is 0 Å². The summed E-state index contributed by atoms with van der Waals surface area (Å²) in [6, 6.07) is -0.838. The number of hydrogen-bond acceptors (Lipinski definition) is 5. The first-order valence-electron chi connectivity index (χ1n) is 24.7. The second kappa shape index (κ2) is 41.3. The number of allylic oxidation sites excluding steroid dienone is 2. The Morgan fingerprint density at radius 2 is 0.931 bits per heavy atom. The molecule has 0 spiro atoms. The second-order valence-electron chi connectivity index (χ2n) is 18.2. The predicted octanol–water partition coefficient (Wildman–Crippen LogP) is 14.1. The van der Waals surface area contributed by atoms with Gasteiger partial charge in [0.15, 0.2) is 0 Å². The number of aliphatic hydroxyl groups excluding tert-OH is 1. The van der Waals surface area contributed by atoms with Crippen LogP contribution in [0.4, 0.5) is 0 Å². The molecule has 0 fully saturated rings. The standard InChI is InChI=1S/C49H97N2O6P/c1-6-8-10-12-14-16-18-20-21-22-23-24-25-26-27-28-29-31-33-35-37-39-41-43-49(53)50-47(46-57-58(54,55)56-45-44-51(3,4)5)48(52)42-40-38-36-34-32-30-19-17-15-13-11-9-7-2/h38-41,47-48,52H,6-37,42-46H2,1-5H3,(H-,50,53,54,55)/p+1/t47-,48+/m0/s1. The molecule has 0 saturated heterocycles. The first-order valence-corrected chi connectivity index (χ1v) is 26.2. The van der Waals surface area contributed by atoms with Crippen molar-refractivity contribution >= 4 is 13.7 Å². The minimum Gasteiger partial charge on any atom is -0.391 e. The number of carbonyl (C=O) groups excluding carboxylic acids is 1.